The summed E-state index contributed by atoms with van der Waals surface area (Å²) >= 11 is 5.37. The third-order valence-corrected chi connectivity index (χ3v) is 11.5. The largest absolute Gasteiger partial charge is 0.409 e. The lowest BCUT2D eigenvalue weighted by Crippen LogP contribution is -2.50. The van der Waals surface area contributed by atoms with Crippen LogP contribution in [0.4, 0.5) is 0 Å². The number of thioether (sulfide) groups is 1. The minimum atomic E-state index is -1.86. The van der Waals surface area contributed by atoms with Crippen LogP contribution >= 0.6 is 27.7 Å². The van der Waals surface area contributed by atoms with Gasteiger partial charge in [-0.1, -0.05) is 67.1 Å². The number of benzene rings is 1. The van der Waals surface area contributed by atoms with Gasteiger partial charge in [-0.2, -0.15) is 0 Å². The first kappa shape index (κ1) is 19.3. The minimum absolute atomic E-state index is 0.0426. The van der Waals surface area contributed by atoms with Crippen molar-refractivity contribution in [3.05, 3.63) is 42.5 Å². The van der Waals surface area contributed by atoms with Crippen LogP contribution in [-0.4, -0.2) is 35.7 Å². The number of halogens is 1. The lowest BCUT2D eigenvalue weighted by molar-refractivity contribution is 0.116. The summed E-state index contributed by atoms with van der Waals surface area (Å²) in [5, 5.41) is 10.9. The van der Waals surface area contributed by atoms with Crippen molar-refractivity contribution in [1.82, 2.24) is 0 Å². The molecule has 1 aromatic carbocycles. The molecular weight excluding hydrogens is 388 g/mol. The Morgan fingerprint density at radius 3 is 2.30 bits per heavy atom. The molecule has 5 heteroatoms. The molecule has 0 radical (unpaired) electrons. The number of aliphatic hydroxyl groups is 1. The Balaban J connectivity index is 2.09. The van der Waals surface area contributed by atoms with E-state index in [0.29, 0.717) is 0 Å². The molecule has 128 valence electrons. The average Bonchev–Trinajstić information content (AvgIpc) is 2.47. The lowest BCUT2D eigenvalue weighted by atomic mass is 10.0. The van der Waals surface area contributed by atoms with Crippen LogP contribution in [0.15, 0.2) is 47.4 Å². The molecule has 23 heavy (non-hydrogen) atoms. The zero-order valence-electron chi connectivity index (χ0n) is 14.5. The van der Waals surface area contributed by atoms with Crippen LogP contribution in [0.25, 0.3) is 0 Å². The molecule has 0 aromatic heterocycles. The van der Waals surface area contributed by atoms with Crippen molar-refractivity contribution in [3.8, 4) is 0 Å². The van der Waals surface area contributed by atoms with E-state index in [1.165, 1.54) is 4.90 Å². The fourth-order valence-corrected chi connectivity index (χ4v) is 5.58. The molecule has 1 aliphatic rings. The number of hydrogen-bond acceptors (Lipinski definition) is 3. The molecule has 0 saturated carbocycles. The Morgan fingerprint density at radius 1 is 1.13 bits per heavy atom. The van der Waals surface area contributed by atoms with E-state index in [1.807, 2.05) is 18.2 Å². The smallest absolute Gasteiger partial charge is 0.192 e. The summed E-state index contributed by atoms with van der Waals surface area (Å²) in [6.07, 6.45) is 3.67. The Morgan fingerprint density at radius 2 is 1.74 bits per heavy atom. The van der Waals surface area contributed by atoms with Crippen LogP contribution in [0.3, 0.4) is 0 Å². The molecule has 1 aliphatic carbocycles. The molecule has 0 unspecified atom stereocenters. The molecule has 1 N–H and O–H groups in total. The summed E-state index contributed by atoms with van der Waals surface area (Å²) in [4.78, 5) is 1.09. The predicted octanol–water partition coefficient (Wildman–Crippen LogP) is 5.23. The van der Waals surface area contributed by atoms with Gasteiger partial charge < -0.3 is 9.53 Å². The van der Waals surface area contributed by atoms with Crippen LogP contribution in [0, 0.1) is 0 Å². The average molecular weight is 415 g/mol. The summed E-state index contributed by atoms with van der Waals surface area (Å²) in [5.74, 6) is 0. The topological polar surface area (TPSA) is 29.5 Å². The van der Waals surface area contributed by atoms with Crippen molar-refractivity contribution in [2.75, 3.05) is 0 Å². The van der Waals surface area contributed by atoms with Crippen molar-refractivity contribution in [3.63, 3.8) is 0 Å². The quantitative estimate of drug-likeness (QED) is 0.415. The van der Waals surface area contributed by atoms with Crippen molar-refractivity contribution < 1.29 is 9.53 Å². The summed E-state index contributed by atoms with van der Waals surface area (Å²) in [6.45, 7) is 11.2. The molecule has 2 nitrogen and oxygen atoms in total. The first-order valence-corrected chi connectivity index (χ1v) is 12.7. The first-order valence-electron chi connectivity index (χ1n) is 8.02. The maximum absolute atomic E-state index is 10.7. The van der Waals surface area contributed by atoms with Gasteiger partial charge >= 0.3 is 0 Å². The molecule has 0 aliphatic heterocycles. The van der Waals surface area contributed by atoms with E-state index in [1.54, 1.807) is 11.8 Å². The maximum atomic E-state index is 10.7. The third-order valence-electron chi connectivity index (χ3n) is 4.72. The van der Waals surface area contributed by atoms with E-state index in [9.17, 15) is 5.11 Å². The van der Waals surface area contributed by atoms with Gasteiger partial charge in [-0.05, 0) is 30.3 Å². The standard InChI is InChI=1S/C18H27BrO2SSi/c1-18(2,3)23(4,5)21-14-11-12-15(17(20)16(14)19)22-13-9-7-6-8-10-13/h6-12,14-17,20H,1-5H3/t14-,15+,16+,17-/m0/s1. The van der Waals surface area contributed by atoms with Crippen LogP contribution in [0.2, 0.25) is 18.1 Å². The highest BCUT2D eigenvalue weighted by Crippen LogP contribution is 2.40. The van der Waals surface area contributed by atoms with Gasteiger partial charge in [-0.3, -0.25) is 0 Å². The number of alkyl halides is 1. The van der Waals surface area contributed by atoms with E-state index in [2.05, 4.69) is 74.1 Å². The van der Waals surface area contributed by atoms with E-state index in [-0.39, 0.29) is 21.2 Å². The van der Waals surface area contributed by atoms with Crippen LogP contribution in [0.1, 0.15) is 20.8 Å². The van der Waals surface area contributed by atoms with Crippen molar-refractivity contribution in [2.24, 2.45) is 0 Å². The molecule has 0 fully saturated rings. The second-order valence-corrected chi connectivity index (χ2v) is 14.6. The summed E-state index contributed by atoms with van der Waals surface area (Å²) in [7, 11) is -1.86. The molecule has 0 heterocycles. The van der Waals surface area contributed by atoms with E-state index in [4.69, 9.17) is 4.43 Å². The third kappa shape index (κ3) is 4.72. The van der Waals surface area contributed by atoms with Gasteiger partial charge in [0.05, 0.1) is 22.3 Å². The van der Waals surface area contributed by atoms with Gasteiger partial charge in [0, 0.05) is 4.90 Å². The molecule has 0 amide bonds. The second kappa shape index (κ2) is 7.44. The Hall–Kier alpha value is -0.0731. The summed E-state index contributed by atoms with van der Waals surface area (Å²) < 4.78 is 6.46. The highest BCUT2D eigenvalue weighted by atomic mass is 79.9. The molecule has 1 aromatic rings. The van der Waals surface area contributed by atoms with Gasteiger partial charge in [0.15, 0.2) is 8.32 Å². The molecule has 0 bridgehead atoms. The van der Waals surface area contributed by atoms with Crippen LogP contribution < -0.4 is 0 Å². The molecular formula is C18H27BrO2SSi. The molecule has 2 rings (SSSR count). The van der Waals surface area contributed by atoms with E-state index >= 15 is 0 Å². The number of aliphatic hydroxyl groups excluding tert-OH is 1. The van der Waals surface area contributed by atoms with E-state index in [0.717, 1.165) is 0 Å². The molecule has 0 saturated heterocycles. The summed E-state index contributed by atoms with van der Waals surface area (Å²) in [6, 6.07) is 10.2. The fourth-order valence-electron chi connectivity index (χ4n) is 2.20. The summed E-state index contributed by atoms with van der Waals surface area (Å²) in [5.41, 5.74) is 0. The normalized spacial score (nSPS) is 28.8. The zero-order valence-corrected chi connectivity index (χ0v) is 17.9. The Bertz CT molecular complexity index is 542. The van der Waals surface area contributed by atoms with Crippen LogP contribution in [0.5, 0.6) is 0 Å². The predicted molar refractivity (Wildman–Crippen MR) is 106 cm³/mol. The van der Waals surface area contributed by atoms with Gasteiger partial charge in [-0.15, -0.1) is 11.8 Å². The van der Waals surface area contributed by atoms with Gasteiger partial charge in [-0.25, -0.2) is 0 Å². The van der Waals surface area contributed by atoms with Gasteiger partial charge in [0.1, 0.15) is 0 Å². The van der Waals surface area contributed by atoms with Crippen LogP contribution in [-0.2, 0) is 4.43 Å². The lowest BCUT2D eigenvalue weighted by Gasteiger charge is -2.42. The van der Waals surface area contributed by atoms with Crippen molar-refractivity contribution in [2.45, 2.75) is 66.1 Å². The highest BCUT2D eigenvalue weighted by Gasteiger charge is 2.43. The fraction of sp³-hybridized carbons (Fsp3) is 0.556. The van der Waals surface area contributed by atoms with Gasteiger partial charge in [0.2, 0.25) is 0 Å². The monoisotopic (exact) mass is 414 g/mol. The van der Waals surface area contributed by atoms with Crippen molar-refractivity contribution in [1.29, 1.82) is 0 Å². The zero-order chi connectivity index (χ0) is 17.3. The molecule has 0 spiro atoms. The molecule has 4 atom stereocenters. The Kier molecular flexibility index (Phi) is 6.23. The first-order chi connectivity index (χ1) is 10.6. The van der Waals surface area contributed by atoms with Crippen molar-refractivity contribution >= 4 is 36.0 Å². The van der Waals surface area contributed by atoms with Gasteiger partial charge in [0.25, 0.3) is 0 Å². The second-order valence-electron chi connectivity index (χ2n) is 7.56. The maximum Gasteiger partial charge on any atom is 0.192 e. The Labute approximate surface area is 154 Å². The minimum Gasteiger partial charge on any atom is -0.409 e. The number of rotatable bonds is 4. The SMILES string of the molecule is CC(C)(C)[Si](C)(C)O[C@H]1C=C[C@@H](Sc2ccccc2)[C@H](O)[C@@H]1Br. The number of hydrogen-bond donors (Lipinski definition) is 1. The highest BCUT2D eigenvalue weighted by molar-refractivity contribution is 9.09. The van der Waals surface area contributed by atoms with E-state index < -0.39 is 14.4 Å².